The van der Waals surface area contributed by atoms with E-state index in [1.165, 1.54) is 46.3 Å². The molecule has 0 aliphatic carbocycles. The average Bonchev–Trinajstić information content (AvgIpc) is 2.59. The number of nitrogens with two attached hydrogens (primary N) is 1. The summed E-state index contributed by atoms with van der Waals surface area (Å²) in [6.07, 6.45) is 7.73. The third kappa shape index (κ3) is 4.56. The number of unbranched alkanes of at least 4 members (excludes halogenated alkanes) is 4. The lowest BCUT2D eigenvalue weighted by Gasteiger charge is -2.08. The van der Waals surface area contributed by atoms with Gasteiger partial charge >= 0.3 is 0 Å². The Morgan fingerprint density at radius 3 is 2.56 bits per heavy atom. The zero-order valence-corrected chi connectivity index (χ0v) is 12.7. The van der Waals surface area contributed by atoms with Crippen molar-refractivity contribution >= 4 is 27.3 Å². The molecule has 0 aliphatic rings. The third-order valence-corrected chi connectivity index (χ3v) is 5.13. The van der Waals surface area contributed by atoms with Gasteiger partial charge in [-0.3, -0.25) is 0 Å². The van der Waals surface area contributed by atoms with E-state index >= 15 is 0 Å². The maximum Gasteiger partial charge on any atom is 0.0731 e. The van der Waals surface area contributed by atoms with E-state index in [9.17, 15) is 0 Å². The molecule has 0 radical (unpaired) electrons. The minimum Gasteiger partial charge on any atom is -0.323 e. The molecule has 0 spiro atoms. The lowest BCUT2D eigenvalue weighted by molar-refractivity contribution is 0.559. The van der Waals surface area contributed by atoms with Gasteiger partial charge in [0, 0.05) is 10.9 Å². The van der Waals surface area contributed by atoms with Crippen LogP contribution in [0.2, 0.25) is 0 Å². The largest absolute Gasteiger partial charge is 0.323 e. The predicted molar refractivity (Wildman–Crippen MR) is 77.1 cm³/mol. The van der Waals surface area contributed by atoms with Crippen LogP contribution in [0, 0.1) is 6.92 Å². The summed E-state index contributed by atoms with van der Waals surface area (Å²) in [6, 6.07) is 2.45. The maximum atomic E-state index is 6.18. The van der Waals surface area contributed by atoms with Crippen LogP contribution < -0.4 is 5.73 Å². The summed E-state index contributed by atoms with van der Waals surface area (Å²) in [5.74, 6) is 0. The number of thiophene rings is 1. The standard InChI is InChI=1S/C13H22BrNS/c1-3-4-5-6-7-8-11(15)12-9-10(2)13(14)16-12/h9,11H,3-8,15H2,1-2H3. The Bertz CT molecular complexity index is 289. The molecule has 1 heterocycles. The minimum absolute atomic E-state index is 0.233. The average molecular weight is 304 g/mol. The van der Waals surface area contributed by atoms with E-state index in [1.54, 1.807) is 11.3 Å². The summed E-state index contributed by atoms with van der Waals surface area (Å²) < 4.78 is 1.23. The van der Waals surface area contributed by atoms with Crippen molar-refractivity contribution in [3.8, 4) is 0 Å². The molecular weight excluding hydrogens is 282 g/mol. The van der Waals surface area contributed by atoms with Gasteiger partial charge in [0.2, 0.25) is 0 Å². The van der Waals surface area contributed by atoms with Crippen LogP contribution >= 0.6 is 27.3 Å². The van der Waals surface area contributed by atoms with E-state index in [0.717, 1.165) is 6.42 Å². The monoisotopic (exact) mass is 303 g/mol. The van der Waals surface area contributed by atoms with Crippen LogP contribution in [0.1, 0.15) is 61.9 Å². The van der Waals surface area contributed by atoms with Gasteiger partial charge in [0.05, 0.1) is 3.79 Å². The van der Waals surface area contributed by atoms with Gasteiger partial charge in [0.25, 0.3) is 0 Å². The van der Waals surface area contributed by atoms with E-state index < -0.39 is 0 Å². The molecule has 1 aromatic rings. The van der Waals surface area contributed by atoms with Crippen LogP contribution in [0.15, 0.2) is 9.85 Å². The summed E-state index contributed by atoms with van der Waals surface area (Å²) in [5.41, 5.74) is 7.49. The Labute approximate surface area is 112 Å². The van der Waals surface area contributed by atoms with Crippen LogP contribution in [0.5, 0.6) is 0 Å². The second-order valence-electron chi connectivity index (χ2n) is 4.41. The first-order valence-electron chi connectivity index (χ1n) is 6.16. The molecule has 0 bridgehead atoms. The van der Waals surface area contributed by atoms with Crippen molar-refractivity contribution in [1.29, 1.82) is 0 Å². The Morgan fingerprint density at radius 2 is 2.00 bits per heavy atom. The highest BCUT2D eigenvalue weighted by atomic mass is 79.9. The molecule has 3 heteroatoms. The first-order valence-corrected chi connectivity index (χ1v) is 7.77. The molecule has 0 saturated heterocycles. The van der Waals surface area contributed by atoms with Gasteiger partial charge in [-0.05, 0) is 40.9 Å². The van der Waals surface area contributed by atoms with E-state index in [0.29, 0.717) is 0 Å². The lowest BCUT2D eigenvalue weighted by Crippen LogP contribution is -2.08. The predicted octanol–water partition coefficient (Wildman–Crippen LogP) is 5.18. The fraction of sp³-hybridized carbons (Fsp3) is 0.692. The number of rotatable bonds is 7. The van der Waals surface area contributed by atoms with Crippen molar-refractivity contribution in [2.75, 3.05) is 0 Å². The number of halogens is 1. The van der Waals surface area contributed by atoms with E-state index in [4.69, 9.17) is 5.73 Å². The highest BCUT2D eigenvalue weighted by Gasteiger charge is 2.10. The van der Waals surface area contributed by atoms with E-state index in [-0.39, 0.29) is 6.04 Å². The molecule has 0 aromatic carbocycles. The quantitative estimate of drug-likeness (QED) is 0.690. The molecule has 1 rings (SSSR count). The molecule has 0 fully saturated rings. The number of hydrogen-bond donors (Lipinski definition) is 1. The van der Waals surface area contributed by atoms with Crippen molar-refractivity contribution in [3.63, 3.8) is 0 Å². The summed E-state index contributed by atoms with van der Waals surface area (Å²) in [4.78, 5) is 1.32. The fourth-order valence-electron chi connectivity index (χ4n) is 1.78. The smallest absolute Gasteiger partial charge is 0.0731 e. The Kier molecular flexibility index (Phi) is 6.62. The highest BCUT2D eigenvalue weighted by molar-refractivity contribution is 9.11. The molecule has 16 heavy (non-hydrogen) atoms. The molecule has 1 aromatic heterocycles. The summed E-state index contributed by atoms with van der Waals surface area (Å²) in [5, 5.41) is 0. The molecule has 0 amide bonds. The molecule has 92 valence electrons. The van der Waals surface area contributed by atoms with E-state index in [2.05, 4.69) is 35.8 Å². The first kappa shape index (κ1) is 14.2. The maximum absolute atomic E-state index is 6.18. The molecule has 1 nitrogen and oxygen atoms in total. The van der Waals surface area contributed by atoms with Gasteiger partial charge in [-0.1, -0.05) is 39.0 Å². The van der Waals surface area contributed by atoms with Crippen molar-refractivity contribution in [1.82, 2.24) is 0 Å². The molecule has 0 saturated carbocycles. The number of aryl methyl sites for hydroxylation is 1. The highest BCUT2D eigenvalue weighted by Crippen LogP contribution is 2.32. The van der Waals surface area contributed by atoms with Gasteiger partial charge in [0.1, 0.15) is 0 Å². The first-order chi connectivity index (χ1) is 7.65. The molecular formula is C13H22BrNS. The minimum atomic E-state index is 0.233. The van der Waals surface area contributed by atoms with Gasteiger partial charge in [-0.25, -0.2) is 0 Å². The van der Waals surface area contributed by atoms with Crippen molar-refractivity contribution < 1.29 is 0 Å². The van der Waals surface area contributed by atoms with Gasteiger partial charge in [-0.15, -0.1) is 11.3 Å². The Hall–Kier alpha value is 0.140. The normalized spacial score (nSPS) is 13.0. The van der Waals surface area contributed by atoms with Crippen molar-refractivity contribution in [2.45, 2.75) is 58.4 Å². The SMILES string of the molecule is CCCCCCCC(N)c1cc(C)c(Br)s1. The van der Waals surface area contributed by atoms with E-state index in [1.807, 2.05) is 0 Å². The molecule has 1 unspecified atom stereocenters. The third-order valence-electron chi connectivity index (χ3n) is 2.86. The Balaban J connectivity index is 2.27. The van der Waals surface area contributed by atoms with Crippen LogP contribution in [0.4, 0.5) is 0 Å². The van der Waals surface area contributed by atoms with Crippen molar-refractivity contribution in [3.05, 3.63) is 20.3 Å². The van der Waals surface area contributed by atoms with Gasteiger partial charge < -0.3 is 5.73 Å². The fourth-order valence-corrected chi connectivity index (χ4v) is 3.38. The zero-order valence-electron chi connectivity index (χ0n) is 10.3. The molecule has 0 aliphatic heterocycles. The van der Waals surface area contributed by atoms with Crippen LogP contribution in [-0.4, -0.2) is 0 Å². The van der Waals surface area contributed by atoms with Crippen LogP contribution in [-0.2, 0) is 0 Å². The summed E-state index contributed by atoms with van der Waals surface area (Å²) >= 11 is 5.33. The summed E-state index contributed by atoms with van der Waals surface area (Å²) in [6.45, 7) is 4.37. The zero-order chi connectivity index (χ0) is 12.0. The van der Waals surface area contributed by atoms with Crippen molar-refractivity contribution in [2.24, 2.45) is 5.73 Å². The van der Waals surface area contributed by atoms with Gasteiger partial charge in [0.15, 0.2) is 0 Å². The second kappa shape index (κ2) is 7.46. The number of hydrogen-bond acceptors (Lipinski definition) is 2. The Morgan fingerprint density at radius 1 is 1.31 bits per heavy atom. The van der Waals surface area contributed by atoms with Crippen LogP contribution in [0.25, 0.3) is 0 Å². The summed E-state index contributed by atoms with van der Waals surface area (Å²) in [7, 11) is 0. The molecule has 1 atom stereocenters. The second-order valence-corrected chi connectivity index (χ2v) is 6.82. The molecule has 2 N–H and O–H groups in total. The van der Waals surface area contributed by atoms with Gasteiger partial charge in [-0.2, -0.15) is 0 Å². The lowest BCUT2D eigenvalue weighted by atomic mass is 10.1. The van der Waals surface area contributed by atoms with Crippen LogP contribution in [0.3, 0.4) is 0 Å². The topological polar surface area (TPSA) is 26.0 Å².